The van der Waals surface area contributed by atoms with Crippen LogP contribution in [-0.4, -0.2) is 5.91 Å². The summed E-state index contributed by atoms with van der Waals surface area (Å²) in [6.45, 7) is 10.2. The molecule has 0 radical (unpaired) electrons. The minimum absolute atomic E-state index is 0.0289. The molecule has 2 aromatic rings. The van der Waals surface area contributed by atoms with Crippen molar-refractivity contribution in [3.63, 3.8) is 0 Å². The fourth-order valence-corrected chi connectivity index (χ4v) is 2.66. The van der Waals surface area contributed by atoms with Gasteiger partial charge in [-0.3, -0.25) is 4.79 Å². The van der Waals surface area contributed by atoms with Gasteiger partial charge < -0.3 is 10.6 Å². The van der Waals surface area contributed by atoms with Crippen molar-refractivity contribution in [1.82, 2.24) is 0 Å². The first-order valence-corrected chi connectivity index (χ1v) is 8.68. The number of anilines is 2. The van der Waals surface area contributed by atoms with E-state index < -0.39 is 5.91 Å². The first kappa shape index (κ1) is 19.3. The van der Waals surface area contributed by atoms with Gasteiger partial charge >= 0.3 is 0 Å². The standard InChI is InChI=1S/C22H25N3O/c1-14(2)20-8-6-7-16(4)21(20)25-22(26)18(12-23)13-24-19-10-9-15(3)17(5)11-19/h6-11,13-14,24H,1-5H3,(H,25,26)/b18-13-. The zero-order valence-corrected chi connectivity index (χ0v) is 16.0. The van der Waals surface area contributed by atoms with Crippen LogP contribution in [0.25, 0.3) is 0 Å². The van der Waals surface area contributed by atoms with Crippen LogP contribution >= 0.6 is 0 Å². The number of aryl methyl sites for hydroxylation is 3. The molecule has 0 atom stereocenters. The van der Waals surface area contributed by atoms with E-state index in [1.165, 1.54) is 11.8 Å². The maximum atomic E-state index is 12.6. The summed E-state index contributed by atoms with van der Waals surface area (Å²) in [7, 11) is 0. The molecule has 0 aliphatic heterocycles. The molecule has 4 heteroatoms. The largest absolute Gasteiger partial charge is 0.360 e. The average Bonchev–Trinajstić information content (AvgIpc) is 2.60. The average molecular weight is 347 g/mol. The number of nitrogens with zero attached hydrogens (tertiary/aromatic N) is 1. The van der Waals surface area contributed by atoms with Crippen molar-refractivity contribution < 1.29 is 4.79 Å². The predicted octanol–water partition coefficient (Wildman–Crippen LogP) is 5.19. The summed E-state index contributed by atoms with van der Waals surface area (Å²) in [6.07, 6.45) is 1.45. The Hall–Kier alpha value is -3.06. The van der Waals surface area contributed by atoms with E-state index >= 15 is 0 Å². The number of carbonyl (C=O) groups is 1. The Bertz CT molecular complexity index is 889. The number of hydrogen-bond acceptors (Lipinski definition) is 3. The predicted molar refractivity (Wildman–Crippen MR) is 107 cm³/mol. The number of nitriles is 1. The molecule has 0 bridgehead atoms. The van der Waals surface area contributed by atoms with E-state index in [0.717, 1.165) is 28.1 Å². The van der Waals surface area contributed by atoms with Gasteiger partial charge in [0.05, 0.1) is 0 Å². The molecule has 26 heavy (non-hydrogen) atoms. The lowest BCUT2D eigenvalue weighted by molar-refractivity contribution is -0.112. The monoisotopic (exact) mass is 347 g/mol. The topological polar surface area (TPSA) is 64.9 Å². The Morgan fingerprint density at radius 3 is 2.42 bits per heavy atom. The van der Waals surface area contributed by atoms with Gasteiger partial charge in [-0.1, -0.05) is 38.1 Å². The molecular weight excluding hydrogens is 322 g/mol. The molecule has 0 aliphatic rings. The van der Waals surface area contributed by atoms with E-state index in [0.29, 0.717) is 0 Å². The molecule has 134 valence electrons. The molecule has 0 unspecified atom stereocenters. The lowest BCUT2D eigenvalue weighted by Crippen LogP contribution is -2.17. The van der Waals surface area contributed by atoms with E-state index in [-0.39, 0.29) is 11.5 Å². The first-order chi connectivity index (χ1) is 12.3. The van der Waals surface area contributed by atoms with Crippen LogP contribution in [-0.2, 0) is 4.79 Å². The van der Waals surface area contributed by atoms with Crippen LogP contribution in [0.4, 0.5) is 11.4 Å². The van der Waals surface area contributed by atoms with Crippen LogP contribution in [0.3, 0.4) is 0 Å². The van der Waals surface area contributed by atoms with Crippen molar-refractivity contribution in [1.29, 1.82) is 5.26 Å². The summed E-state index contributed by atoms with van der Waals surface area (Å²) in [5.41, 5.74) is 6.02. The summed E-state index contributed by atoms with van der Waals surface area (Å²) in [4.78, 5) is 12.6. The van der Waals surface area contributed by atoms with E-state index in [9.17, 15) is 10.1 Å². The van der Waals surface area contributed by atoms with Gasteiger partial charge in [0, 0.05) is 17.6 Å². The van der Waals surface area contributed by atoms with Crippen LogP contribution in [0.2, 0.25) is 0 Å². The summed E-state index contributed by atoms with van der Waals surface area (Å²) in [5.74, 6) is -0.145. The zero-order valence-electron chi connectivity index (χ0n) is 16.0. The molecule has 0 saturated carbocycles. The molecule has 0 fully saturated rings. The summed E-state index contributed by atoms with van der Waals surface area (Å²) < 4.78 is 0. The fraction of sp³-hybridized carbons (Fsp3) is 0.273. The SMILES string of the molecule is Cc1ccc(N/C=C(/C#N)C(=O)Nc2c(C)cccc2C(C)C)cc1C. The van der Waals surface area contributed by atoms with Crippen LogP contribution < -0.4 is 10.6 Å². The number of nitrogens with one attached hydrogen (secondary N) is 2. The maximum absolute atomic E-state index is 12.6. The lowest BCUT2D eigenvalue weighted by Gasteiger charge is -2.16. The number of carbonyl (C=O) groups excluding carboxylic acids is 1. The molecule has 0 saturated heterocycles. The Labute approximate surface area is 155 Å². The second kappa shape index (κ2) is 8.35. The van der Waals surface area contributed by atoms with Crippen molar-refractivity contribution >= 4 is 17.3 Å². The Kier molecular flexibility index (Phi) is 6.19. The van der Waals surface area contributed by atoms with E-state index in [1.807, 2.05) is 63.2 Å². The van der Waals surface area contributed by atoms with Crippen molar-refractivity contribution in [3.05, 3.63) is 70.4 Å². The van der Waals surface area contributed by atoms with Crippen LogP contribution in [0.1, 0.15) is 42.0 Å². The Balaban J connectivity index is 2.22. The highest BCUT2D eigenvalue weighted by Crippen LogP contribution is 2.27. The molecule has 2 rings (SSSR count). The molecular formula is C22H25N3O. The Morgan fingerprint density at radius 2 is 1.81 bits per heavy atom. The molecule has 1 amide bonds. The van der Waals surface area contributed by atoms with E-state index in [2.05, 4.69) is 24.5 Å². The quantitative estimate of drug-likeness (QED) is 0.577. The third-order valence-electron chi connectivity index (χ3n) is 4.42. The minimum Gasteiger partial charge on any atom is -0.360 e. The molecule has 0 spiro atoms. The maximum Gasteiger partial charge on any atom is 0.267 e. The van der Waals surface area contributed by atoms with Crippen molar-refractivity contribution in [2.45, 2.75) is 40.5 Å². The number of amides is 1. The molecule has 0 aliphatic carbocycles. The van der Waals surface area contributed by atoms with E-state index in [1.54, 1.807) is 0 Å². The third kappa shape index (κ3) is 4.52. The van der Waals surface area contributed by atoms with Gasteiger partial charge in [0.2, 0.25) is 0 Å². The summed E-state index contributed by atoms with van der Waals surface area (Å²) in [6, 6.07) is 13.8. The van der Waals surface area contributed by atoms with Gasteiger partial charge in [0.25, 0.3) is 5.91 Å². The normalized spacial score (nSPS) is 11.2. The van der Waals surface area contributed by atoms with Crippen LogP contribution in [0.15, 0.2) is 48.2 Å². The zero-order chi connectivity index (χ0) is 19.3. The number of benzene rings is 2. The molecule has 0 aromatic heterocycles. The molecule has 4 nitrogen and oxygen atoms in total. The fourth-order valence-electron chi connectivity index (χ4n) is 2.66. The van der Waals surface area contributed by atoms with Gasteiger partial charge in [0.1, 0.15) is 11.6 Å². The summed E-state index contributed by atoms with van der Waals surface area (Å²) >= 11 is 0. The molecule has 0 heterocycles. The van der Waals surface area contributed by atoms with Crippen LogP contribution in [0.5, 0.6) is 0 Å². The van der Waals surface area contributed by atoms with Gasteiger partial charge in [-0.15, -0.1) is 0 Å². The van der Waals surface area contributed by atoms with Crippen molar-refractivity contribution in [2.75, 3.05) is 10.6 Å². The number of rotatable bonds is 5. The Morgan fingerprint density at radius 1 is 1.08 bits per heavy atom. The van der Waals surface area contributed by atoms with Gasteiger partial charge in [0.15, 0.2) is 0 Å². The van der Waals surface area contributed by atoms with Gasteiger partial charge in [-0.05, 0) is 61.1 Å². The van der Waals surface area contributed by atoms with E-state index in [4.69, 9.17) is 0 Å². The summed E-state index contributed by atoms with van der Waals surface area (Å²) in [5, 5.41) is 15.3. The third-order valence-corrected chi connectivity index (χ3v) is 4.42. The molecule has 2 aromatic carbocycles. The van der Waals surface area contributed by atoms with Crippen LogP contribution in [0, 0.1) is 32.1 Å². The van der Waals surface area contributed by atoms with Crippen molar-refractivity contribution in [3.8, 4) is 6.07 Å². The number of hydrogen-bond donors (Lipinski definition) is 2. The highest BCUT2D eigenvalue weighted by Gasteiger charge is 2.15. The first-order valence-electron chi connectivity index (χ1n) is 8.68. The molecule has 2 N–H and O–H groups in total. The van der Waals surface area contributed by atoms with Gasteiger partial charge in [-0.25, -0.2) is 0 Å². The minimum atomic E-state index is -0.417. The van der Waals surface area contributed by atoms with Gasteiger partial charge in [-0.2, -0.15) is 5.26 Å². The second-order valence-electron chi connectivity index (χ2n) is 6.76. The highest BCUT2D eigenvalue weighted by molar-refractivity contribution is 6.07. The number of para-hydroxylation sites is 1. The second-order valence-corrected chi connectivity index (χ2v) is 6.76. The van der Waals surface area contributed by atoms with Crippen molar-refractivity contribution in [2.24, 2.45) is 0 Å². The highest BCUT2D eigenvalue weighted by atomic mass is 16.1. The lowest BCUT2D eigenvalue weighted by atomic mass is 9.98. The smallest absolute Gasteiger partial charge is 0.267 e.